The van der Waals surface area contributed by atoms with E-state index in [1.807, 2.05) is 0 Å². The molecule has 0 aromatic heterocycles. The zero-order valence-electron chi connectivity index (χ0n) is 5.91. The zero-order chi connectivity index (χ0) is 10.9. The maximum absolute atomic E-state index is 11.0. The van der Waals surface area contributed by atoms with Crippen molar-refractivity contribution in [2.24, 2.45) is 0 Å². The first kappa shape index (κ1) is 14.4. The number of alkyl halides is 6. The Morgan fingerprint density at radius 3 is 1.77 bits per heavy atom. The third-order valence-corrected chi connectivity index (χ3v) is 2.46. The molecule has 0 saturated heterocycles. The molecular weight excluding hydrogens is 305 g/mol. The van der Waals surface area contributed by atoms with Gasteiger partial charge in [-0.3, -0.25) is 4.79 Å². The summed E-state index contributed by atoms with van der Waals surface area (Å²) in [5.74, 6) is -0.837. The SMILES string of the molecule is O=C(CC(O)C(Cl)(Cl)Cl)C(Cl)(Cl)Cl. The lowest BCUT2D eigenvalue weighted by Crippen LogP contribution is -2.32. The summed E-state index contributed by atoms with van der Waals surface area (Å²) >= 11 is 31.5. The fourth-order valence-corrected chi connectivity index (χ4v) is 0.870. The minimum absolute atomic E-state index is 0.535. The third kappa shape index (κ3) is 5.73. The lowest BCUT2D eigenvalue weighted by atomic mass is 10.2. The molecule has 0 saturated carbocycles. The number of hydrogen-bond acceptors (Lipinski definition) is 2. The summed E-state index contributed by atoms with van der Waals surface area (Å²) in [5, 5.41) is 9.13. The van der Waals surface area contributed by atoms with Gasteiger partial charge in [-0.2, -0.15) is 0 Å². The van der Waals surface area contributed by atoms with Gasteiger partial charge in [0.1, 0.15) is 6.10 Å². The van der Waals surface area contributed by atoms with E-state index in [2.05, 4.69) is 0 Å². The van der Waals surface area contributed by atoms with E-state index in [1.165, 1.54) is 0 Å². The number of ketones is 1. The highest BCUT2D eigenvalue weighted by Gasteiger charge is 2.38. The first-order valence-corrected chi connectivity index (χ1v) is 5.16. The summed E-state index contributed by atoms with van der Waals surface area (Å²) in [6, 6.07) is 0. The van der Waals surface area contributed by atoms with Gasteiger partial charge in [0.25, 0.3) is 0 Å². The molecule has 1 unspecified atom stereocenters. The molecule has 78 valence electrons. The Hall–Kier alpha value is 1.37. The van der Waals surface area contributed by atoms with Crippen molar-refractivity contribution in [3.63, 3.8) is 0 Å². The van der Waals surface area contributed by atoms with Crippen LogP contribution in [0.5, 0.6) is 0 Å². The van der Waals surface area contributed by atoms with Crippen LogP contribution in [0.25, 0.3) is 0 Å². The first-order chi connectivity index (χ1) is 5.55. The van der Waals surface area contributed by atoms with Crippen molar-refractivity contribution in [2.75, 3.05) is 0 Å². The molecule has 0 spiro atoms. The fourth-order valence-electron chi connectivity index (χ4n) is 0.407. The largest absolute Gasteiger partial charge is 0.388 e. The summed E-state index contributed by atoms with van der Waals surface area (Å²) in [7, 11) is 0. The van der Waals surface area contributed by atoms with Crippen molar-refractivity contribution < 1.29 is 9.90 Å². The molecule has 0 aliphatic heterocycles. The summed E-state index contributed by atoms with van der Waals surface area (Å²) in [6.07, 6.45) is -2.03. The molecule has 0 aliphatic rings. The molecule has 2 nitrogen and oxygen atoms in total. The molecular formula is C5H4Cl6O2. The Kier molecular flexibility index (Phi) is 5.45. The molecule has 0 aromatic carbocycles. The van der Waals surface area contributed by atoms with Gasteiger partial charge in [0.15, 0.2) is 5.78 Å². The van der Waals surface area contributed by atoms with E-state index in [9.17, 15) is 4.79 Å². The van der Waals surface area contributed by atoms with Crippen LogP contribution in [0.3, 0.4) is 0 Å². The third-order valence-electron chi connectivity index (χ3n) is 1.07. The van der Waals surface area contributed by atoms with Crippen LogP contribution < -0.4 is 0 Å². The predicted octanol–water partition coefficient (Wildman–Crippen LogP) is 3.05. The van der Waals surface area contributed by atoms with E-state index in [1.54, 1.807) is 0 Å². The van der Waals surface area contributed by atoms with Crippen molar-refractivity contribution in [3.8, 4) is 0 Å². The molecule has 0 rings (SSSR count). The van der Waals surface area contributed by atoms with Crippen LogP contribution in [-0.2, 0) is 4.79 Å². The van der Waals surface area contributed by atoms with E-state index in [0.29, 0.717) is 0 Å². The van der Waals surface area contributed by atoms with E-state index in [-0.39, 0.29) is 0 Å². The molecule has 13 heavy (non-hydrogen) atoms. The highest BCUT2D eigenvalue weighted by atomic mass is 35.6. The minimum atomic E-state index is -2.10. The number of hydrogen-bond donors (Lipinski definition) is 1. The number of Topliss-reactive ketones (excluding diaryl/α,β-unsaturated/α-hetero) is 1. The Morgan fingerprint density at radius 2 is 1.54 bits per heavy atom. The standard InChI is InChI=1S/C5H4Cl6O2/c6-4(7,8)2(12)1-3(13)5(9,10)11/h2,12H,1H2. The van der Waals surface area contributed by atoms with Gasteiger partial charge >= 0.3 is 0 Å². The predicted molar refractivity (Wildman–Crippen MR) is 56.2 cm³/mol. The van der Waals surface area contributed by atoms with E-state index in [4.69, 9.17) is 74.7 Å². The molecule has 0 aliphatic carbocycles. The van der Waals surface area contributed by atoms with Gasteiger partial charge in [-0.05, 0) is 0 Å². The van der Waals surface area contributed by atoms with Gasteiger partial charge in [-0.25, -0.2) is 0 Å². The number of aliphatic hydroxyl groups excluding tert-OH is 1. The van der Waals surface area contributed by atoms with Crippen LogP contribution >= 0.6 is 69.6 Å². The number of carbonyl (C=O) groups excluding carboxylic acids is 1. The maximum Gasteiger partial charge on any atom is 0.248 e. The molecule has 0 heterocycles. The van der Waals surface area contributed by atoms with Gasteiger partial charge in [0.05, 0.1) is 0 Å². The fraction of sp³-hybridized carbons (Fsp3) is 0.800. The number of rotatable bonds is 2. The highest BCUT2D eigenvalue weighted by molar-refractivity contribution is 6.76. The molecule has 1 N–H and O–H groups in total. The van der Waals surface area contributed by atoms with Crippen LogP contribution in [0.1, 0.15) is 6.42 Å². The van der Waals surface area contributed by atoms with E-state index in [0.717, 1.165) is 0 Å². The van der Waals surface area contributed by atoms with Crippen LogP contribution in [-0.4, -0.2) is 24.6 Å². The Bertz CT molecular complexity index is 192. The van der Waals surface area contributed by atoms with Gasteiger partial charge in [-0.1, -0.05) is 69.6 Å². The Morgan fingerprint density at radius 1 is 1.15 bits per heavy atom. The summed E-state index contributed by atoms with van der Waals surface area (Å²) < 4.78 is -4.07. The Labute approximate surface area is 105 Å². The van der Waals surface area contributed by atoms with Crippen molar-refractivity contribution in [1.29, 1.82) is 0 Å². The smallest absolute Gasteiger partial charge is 0.248 e. The average Bonchev–Trinajstić information content (AvgIpc) is 1.82. The lowest BCUT2D eigenvalue weighted by molar-refractivity contribution is -0.120. The second-order valence-electron chi connectivity index (χ2n) is 2.18. The molecule has 0 fully saturated rings. The van der Waals surface area contributed by atoms with Gasteiger partial charge in [-0.15, -0.1) is 0 Å². The first-order valence-electron chi connectivity index (χ1n) is 2.90. The van der Waals surface area contributed by atoms with Crippen molar-refractivity contribution in [2.45, 2.75) is 20.1 Å². The van der Waals surface area contributed by atoms with E-state index >= 15 is 0 Å². The molecule has 0 radical (unpaired) electrons. The monoisotopic (exact) mass is 306 g/mol. The quantitative estimate of drug-likeness (QED) is 0.796. The van der Waals surface area contributed by atoms with Crippen molar-refractivity contribution in [1.82, 2.24) is 0 Å². The van der Waals surface area contributed by atoms with Gasteiger partial charge in [0, 0.05) is 6.42 Å². The lowest BCUT2D eigenvalue weighted by Gasteiger charge is -2.19. The van der Waals surface area contributed by atoms with Crippen LogP contribution in [0.15, 0.2) is 0 Å². The Balaban J connectivity index is 4.24. The molecule has 0 amide bonds. The van der Waals surface area contributed by atoms with Crippen LogP contribution in [0.4, 0.5) is 0 Å². The van der Waals surface area contributed by atoms with Crippen molar-refractivity contribution >= 4 is 75.4 Å². The summed E-state index contributed by atoms with van der Waals surface area (Å²) in [5.41, 5.74) is 0. The van der Waals surface area contributed by atoms with E-state index < -0.39 is 25.9 Å². The van der Waals surface area contributed by atoms with Crippen LogP contribution in [0.2, 0.25) is 0 Å². The number of aliphatic hydroxyl groups is 1. The highest BCUT2D eigenvalue weighted by Crippen LogP contribution is 2.35. The molecule has 0 bridgehead atoms. The van der Waals surface area contributed by atoms with Crippen molar-refractivity contribution in [3.05, 3.63) is 0 Å². The summed E-state index contributed by atoms with van der Waals surface area (Å²) in [4.78, 5) is 11.0. The average molecular weight is 309 g/mol. The number of halogens is 6. The molecule has 0 aromatic rings. The summed E-state index contributed by atoms with van der Waals surface area (Å²) in [6.45, 7) is 0. The minimum Gasteiger partial charge on any atom is -0.388 e. The number of carbonyl (C=O) groups is 1. The normalized spacial score (nSPS) is 15.6. The van der Waals surface area contributed by atoms with Gasteiger partial charge in [0.2, 0.25) is 7.59 Å². The zero-order valence-corrected chi connectivity index (χ0v) is 10.4. The molecule has 1 atom stereocenters. The van der Waals surface area contributed by atoms with Gasteiger partial charge < -0.3 is 5.11 Å². The second kappa shape index (κ2) is 4.93. The second-order valence-corrected chi connectivity index (χ2v) is 6.83. The molecule has 8 heteroatoms. The van der Waals surface area contributed by atoms with Crippen LogP contribution in [0, 0.1) is 0 Å². The topological polar surface area (TPSA) is 37.3 Å². The maximum atomic E-state index is 11.0.